The molecule has 0 amide bonds. The van der Waals surface area contributed by atoms with Crippen LogP contribution in [0.5, 0.6) is 5.75 Å². The summed E-state index contributed by atoms with van der Waals surface area (Å²) in [5, 5.41) is 4.78. The largest absolute Gasteiger partial charge is 0.497 e. The number of benzene rings is 1. The molecule has 3 N–H and O–H groups in total. The lowest BCUT2D eigenvalue weighted by atomic mass is 10.3. The van der Waals surface area contributed by atoms with Gasteiger partial charge in [0.1, 0.15) is 5.75 Å². The smallest absolute Gasteiger partial charge is 0.187 e. The minimum atomic E-state index is 0.468. The maximum Gasteiger partial charge on any atom is 0.187 e. The molecule has 4 nitrogen and oxygen atoms in total. The lowest BCUT2D eigenvalue weighted by Crippen LogP contribution is -2.36. The Hall–Kier alpha value is -1.33. The zero-order valence-electron chi connectivity index (χ0n) is 8.15. The Bertz CT molecular complexity index is 310. The van der Waals surface area contributed by atoms with E-state index in [1.54, 1.807) is 14.2 Å². The molecule has 0 atom stereocenters. The Morgan fingerprint density at radius 1 is 1.43 bits per heavy atom. The van der Waals surface area contributed by atoms with Gasteiger partial charge >= 0.3 is 0 Å². The van der Waals surface area contributed by atoms with Gasteiger partial charge in [0.05, 0.1) is 7.11 Å². The fraction of sp³-hybridized carbons (Fsp3) is 0.222. The van der Waals surface area contributed by atoms with Crippen molar-refractivity contribution in [3.05, 3.63) is 24.3 Å². The average Bonchev–Trinajstić information content (AvgIpc) is 2.19. The van der Waals surface area contributed by atoms with E-state index in [9.17, 15) is 0 Å². The number of ether oxygens (including phenoxy) is 1. The van der Waals surface area contributed by atoms with E-state index in [1.807, 2.05) is 24.3 Å². The van der Waals surface area contributed by atoms with Gasteiger partial charge in [-0.2, -0.15) is 0 Å². The van der Waals surface area contributed by atoms with Crippen LogP contribution in [-0.2, 0) is 0 Å². The maximum atomic E-state index is 5.44. The van der Waals surface area contributed by atoms with Gasteiger partial charge in [0.25, 0.3) is 0 Å². The second kappa shape index (κ2) is 4.78. The Balaban J connectivity index is 2.64. The van der Waals surface area contributed by atoms with Crippen LogP contribution in [0, 0.1) is 0 Å². The van der Waals surface area contributed by atoms with E-state index >= 15 is 0 Å². The van der Waals surface area contributed by atoms with Crippen LogP contribution in [0.15, 0.2) is 24.3 Å². The molecule has 0 heterocycles. The van der Waals surface area contributed by atoms with Crippen LogP contribution in [0.25, 0.3) is 0 Å². The Morgan fingerprint density at radius 3 is 2.43 bits per heavy atom. The number of methoxy groups -OCH3 is 1. The van der Waals surface area contributed by atoms with Crippen molar-refractivity contribution in [2.24, 2.45) is 5.84 Å². The van der Waals surface area contributed by atoms with E-state index in [4.69, 9.17) is 22.8 Å². The monoisotopic (exact) mass is 211 g/mol. The van der Waals surface area contributed by atoms with Crippen LogP contribution in [0.3, 0.4) is 0 Å². The van der Waals surface area contributed by atoms with Gasteiger partial charge in [-0.1, -0.05) is 0 Å². The standard InChI is InChI=1S/C9H13N3OS/c1-12(10)9(14)11-7-3-5-8(13-2)6-4-7/h3-6H,10H2,1-2H3,(H,11,14). The summed E-state index contributed by atoms with van der Waals surface area (Å²) in [6.07, 6.45) is 0. The van der Waals surface area contributed by atoms with E-state index in [-0.39, 0.29) is 0 Å². The number of nitrogens with one attached hydrogen (secondary N) is 1. The minimum Gasteiger partial charge on any atom is -0.497 e. The molecule has 5 heteroatoms. The molecule has 0 saturated heterocycles. The lowest BCUT2D eigenvalue weighted by Gasteiger charge is -2.14. The highest BCUT2D eigenvalue weighted by molar-refractivity contribution is 7.80. The molecule has 0 aromatic heterocycles. The number of anilines is 1. The quantitative estimate of drug-likeness (QED) is 0.437. The Kier molecular flexibility index (Phi) is 3.67. The van der Waals surface area contributed by atoms with Crippen molar-refractivity contribution >= 4 is 23.0 Å². The summed E-state index contributed by atoms with van der Waals surface area (Å²) in [6.45, 7) is 0. The van der Waals surface area contributed by atoms with Gasteiger partial charge < -0.3 is 10.1 Å². The highest BCUT2D eigenvalue weighted by Gasteiger charge is 1.99. The summed E-state index contributed by atoms with van der Waals surface area (Å²) in [5.74, 6) is 6.25. The number of hydrazine groups is 1. The van der Waals surface area contributed by atoms with Crippen LogP contribution in [0.1, 0.15) is 0 Å². The highest BCUT2D eigenvalue weighted by atomic mass is 32.1. The summed E-state index contributed by atoms with van der Waals surface area (Å²) in [4.78, 5) is 0. The summed E-state index contributed by atoms with van der Waals surface area (Å²) >= 11 is 4.98. The number of thiocarbonyl (C=S) groups is 1. The zero-order chi connectivity index (χ0) is 10.6. The van der Waals surface area contributed by atoms with Crippen LogP contribution < -0.4 is 15.9 Å². The van der Waals surface area contributed by atoms with Gasteiger partial charge in [0.15, 0.2) is 5.11 Å². The molecule has 0 radical (unpaired) electrons. The van der Waals surface area contributed by atoms with E-state index in [0.717, 1.165) is 11.4 Å². The van der Waals surface area contributed by atoms with Crippen molar-refractivity contribution in [2.45, 2.75) is 0 Å². The first-order chi connectivity index (χ1) is 6.63. The van der Waals surface area contributed by atoms with Crippen molar-refractivity contribution in [3.63, 3.8) is 0 Å². The molecule has 76 valence electrons. The molecule has 0 unspecified atom stereocenters. The minimum absolute atomic E-state index is 0.468. The topological polar surface area (TPSA) is 50.5 Å². The van der Waals surface area contributed by atoms with Gasteiger partial charge in [-0.15, -0.1) is 0 Å². The first-order valence-corrected chi connectivity index (χ1v) is 4.48. The maximum absolute atomic E-state index is 5.44. The molecular weight excluding hydrogens is 198 g/mol. The molecule has 0 fully saturated rings. The fourth-order valence-electron chi connectivity index (χ4n) is 0.886. The molecule has 0 saturated carbocycles. The van der Waals surface area contributed by atoms with Gasteiger partial charge in [-0.3, -0.25) is 5.01 Å². The SMILES string of the molecule is COc1ccc(NC(=S)N(C)N)cc1. The molecular formula is C9H13N3OS. The third-order valence-electron chi connectivity index (χ3n) is 1.66. The molecule has 0 bridgehead atoms. The molecule has 0 aliphatic heterocycles. The molecule has 0 spiro atoms. The highest BCUT2D eigenvalue weighted by Crippen LogP contribution is 2.14. The van der Waals surface area contributed by atoms with Gasteiger partial charge in [-0.05, 0) is 36.5 Å². The predicted octanol–water partition coefficient (Wildman–Crippen LogP) is 1.20. The van der Waals surface area contributed by atoms with Crippen molar-refractivity contribution < 1.29 is 4.74 Å². The van der Waals surface area contributed by atoms with Gasteiger partial charge in [0, 0.05) is 12.7 Å². The van der Waals surface area contributed by atoms with Crippen molar-refractivity contribution in [1.29, 1.82) is 0 Å². The second-order valence-corrected chi connectivity index (χ2v) is 3.16. The van der Waals surface area contributed by atoms with Crippen LogP contribution in [0.2, 0.25) is 0 Å². The molecule has 0 aliphatic rings. The summed E-state index contributed by atoms with van der Waals surface area (Å²) < 4.78 is 5.03. The lowest BCUT2D eigenvalue weighted by molar-refractivity contribution is 0.415. The van der Waals surface area contributed by atoms with E-state index < -0.39 is 0 Å². The van der Waals surface area contributed by atoms with Crippen LogP contribution in [-0.4, -0.2) is 24.3 Å². The van der Waals surface area contributed by atoms with E-state index in [2.05, 4.69) is 5.32 Å². The molecule has 1 rings (SSSR count). The average molecular weight is 211 g/mol. The first kappa shape index (κ1) is 10.7. The molecule has 1 aromatic carbocycles. The van der Waals surface area contributed by atoms with Crippen molar-refractivity contribution in [3.8, 4) is 5.75 Å². The van der Waals surface area contributed by atoms with Gasteiger partial charge in [-0.25, -0.2) is 5.84 Å². The zero-order valence-corrected chi connectivity index (χ0v) is 8.97. The first-order valence-electron chi connectivity index (χ1n) is 4.07. The molecule has 1 aromatic rings. The number of rotatable bonds is 2. The van der Waals surface area contributed by atoms with Gasteiger partial charge in [0.2, 0.25) is 0 Å². The fourth-order valence-corrected chi connectivity index (χ4v) is 1.00. The van der Waals surface area contributed by atoms with Crippen LogP contribution in [0.4, 0.5) is 5.69 Å². The van der Waals surface area contributed by atoms with Crippen molar-refractivity contribution in [1.82, 2.24) is 5.01 Å². The normalized spacial score (nSPS) is 9.36. The van der Waals surface area contributed by atoms with Crippen LogP contribution >= 0.6 is 12.2 Å². The molecule has 0 aliphatic carbocycles. The van der Waals surface area contributed by atoms with Crippen molar-refractivity contribution in [2.75, 3.05) is 19.5 Å². The summed E-state index contributed by atoms with van der Waals surface area (Å²) in [5.41, 5.74) is 0.883. The molecule has 14 heavy (non-hydrogen) atoms. The third-order valence-corrected chi connectivity index (χ3v) is 2.05. The predicted molar refractivity (Wildman–Crippen MR) is 61.2 cm³/mol. The Morgan fingerprint density at radius 2 is 2.00 bits per heavy atom. The third kappa shape index (κ3) is 2.86. The number of nitrogens with two attached hydrogens (primary N) is 1. The summed E-state index contributed by atoms with van der Waals surface area (Å²) in [7, 11) is 3.31. The Labute approximate surface area is 88.6 Å². The van der Waals surface area contributed by atoms with E-state index in [1.165, 1.54) is 5.01 Å². The van der Waals surface area contributed by atoms with E-state index in [0.29, 0.717) is 5.11 Å². The summed E-state index contributed by atoms with van der Waals surface area (Å²) in [6, 6.07) is 7.44. The number of nitrogens with zero attached hydrogens (tertiary/aromatic N) is 1. The number of hydrogen-bond acceptors (Lipinski definition) is 3. The number of hydrogen-bond donors (Lipinski definition) is 2. The second-order valence-electron chi connectivity index (χ2n) is 2.77.